The van der Waals surface area contributed by atoms with Crippen molar-refractivity contribution in [3.63, 3.8) is 0 Å². The zero-order valence-corrected chi connectivity index (χ0v) is 25.1. The minimum atomic E-state index is -1.16. The quantitative estimate of drug-likeness (QED) is 0.476. The Bertz CT molecular complexity index is 1400. The Balaban J connectivity index is 2.15. The molecule has 2 aliphatic heterocycles. The predicted molar refractivity (Wildman–Crippen MR) is 150 cm³/mol. The molecule has 0 saturated heterocycles. The summed E-state index contributed by atoms with van der Waals surface area (Å²) in [6.45, 7) is 5.37. The fraction of sp³-hybridized carbons (Fsp3) is 0.533. The summed E-state index contributed by atoms with van der Waals surface area (Å²) in [6.07, 6.45) is 0.422. The van der Waals surface area contributed by atoms with Gasteiger partial charge in [-0.1, -0.05) is 0 Å². The molecular formula is C30H39N3O8. The lowest BCUT2D eigenvalue weighted by atomic mass is 9.80. The molecule has 4 rings (SSSR count). The van der Waals surface area contributed by atoms with Crippen molar-refractivity contribution in [1.29, 1.82) is 5.26 Å². The molecule has 2 aromatic rings. The van der Waals surface area contributed by atoms with Gasteiger partial charge < -0.3 is 38.8 Å². The number of nitrogens with zero attached hydrogens (tertiary/aromatic N) is 3. The van der Waals surface area contributed by atoms with Gasteiger partial charge in [0.1, 0.15) is 23.6 Å². The van der Waals surface area contributed by atoms with Crippen LogP contribution in [0.3, 0.4) is 0 Å². The summed E-state index contributed by atoms with van der Waals surface area (Å²) in [5.41, 5.74) is 3.29. The van der Waals surface area contributed by atoms with Gasteiger partial charge in [-0.2, -0.15) is 5.26 Å². The van der Waals surface area contributed by atoms with Crippen LogP contribution >= 0.6 is 0 Å². The van der Waals surface area contributed by atoms with Crippen molar-refractivity contribution >= 4 is 5.97 Å². The fourth-order valence-corrected chi connectivity index (χ4v) is 6.87. The standard InChI is InChI=1S/C30H39N3O8/c1-10-41-30(36)23-21-18(27(38-7)15(3)29(40-9)25(21)35)12-19-22(32(4)5)20-17(11-16(13-31)33(19)23)26(37-6)14(2)28(39-8)24(20)34/h16,19,22-23,34-35H,10-12H2,1-9H3/t16-,19+,22+,23?/m1/s1. The lowest BCUT2D eigenvalue weighted by Gasteiger charge is -2.47. The highest BCUT2D eigenvalue weighted by Gasteiger charge is 2.53. The van der Waals surface area contributed by atoms with E-state index in [0.717, 1.165) is 0 Å². The van der Waals surface area contributed by atoms with Gasteiger partial charge in [0.2, 0.25) is 0 Å². The van der Waals surface area contributed by atoms with Gasteiger partial charge in [-0.05, 0) is 41.3 Å². The normalized spacial score (nSPS) is 21.6. The molecule has 2 aromatic carbocycles. The molecule has 11 nitrogen and oxygen atoms in total. The number of nitriles is 1. The number of ether oxygens (including phenoxy) is 5. The van der Waals surface area contributed by atoms with Crippen LogP contribution in [-0.4, -0.2) is 87.2 Å². The topological polar surface area (TPSA) is 134 Å². The number of hydrogen-bond donors (Lipinski definition) is 2. The maximum Gasteiger partial charge on any atom is 0.328 e. The van der Waals surface area contributed by atoms with E-state index in [1.54, 1.807) is 32.8 Å². The van der Waals surface area contributed by atoms with Gasteiger partial charge in [0.05, 0.1) is 47.2 Å². The maximum absolute atomic E-state index is 13.8. The molecule has 11 heteroatoms. The van der Waals surface area contributed by atoms with Crippen LogP contribution in [0, 0.1) is 25.2 Å². The Hall–Kier alpha value is -3.88. The number of hydrogen-bond acceptors (Lipinski definition) is 11. The average molecular weight is 570 g/mol. The molecule has 4 atom stereocenters. The van der Waals surface area contributed by atoms with E-state index in [2.05, 4.69) is 6.07 Å². The van der Waals surface area contributed by atoms with E-state index in [0.29, 0.717) is 39.3 Å². The average Bonchev–Trinajstić information content (AvgIpc) is 3.08. The van der Waals surface area contributed by atoms with Crippen LogP contribution < -0.4 is 18.9 Å². The van der Waals surface area contributed by atoms with E-state index in [4.69, 9.17) is 23.7 Å². The molecule has 2 heterocycles. The number of methoxy groups -OCH3 is 4. The summed E-state index contributed by atoms with van der Waals surface area (Å²) in [5, 5.41) is 33.8. The highest BCUT2D eigenvalue weighted by molar-refractivity contribution is 5.82. The van der Waals surface area contributed by atoms with E-state index in [-0.39, 0.29) is 48.0 Å². The lowest BCUT2D eigenvalue weighted by Crippen LogP contribution is -2.55. The monoisotopic (exact) mass is 569 g/mol. The molecule has 0 fully saturated rings. The molecule has 0 saturated carbocycles. The minimum absolute atomic E-state index is 0.0442. The zero-order valence-electron chi connectivity index (χ0n) is 25.1. The zero-order chi connectivity index (χ0) is 30.3. The number of carbonyl (C=O) groups excluding carboxylic acids is 1. The third kappa shape index (κ3) is 4.46. The van der Waals surface area contributed by atoms with Gasteiger partial charge in [0.25, 0.3) is 0 Å². The minimum Gasteiger partial charge on any atom is -0.504 e. The van der Waals surface area contributed by atoms with Crippen LogP contribution in [0.15, 0.2) is 0 Å². The number of phenols is 2. The first-order valence-electron chi connectivity index (χ1n) is 13.5. The molecule has 0 bridgehead atoms. The van der Waals surface area contributed by atoms with Crippen LogP contribution in [0.25, 0.3) is 0 Å². The second-order valence-corrected chi connectivity index (χ2v) is 10.5. The lowest BCUT2D eigenvalue weighted by molar-refractivity contribution is -0.153. The Morgan fingerprint density at radius 1 is 0.902 bits per heavy atom. The smallest absolute Gasteiger partial charge is 0.328 e. The molecule has 0 amide bonds. The number of fused-ring (bicyclic) bond motifs is 3. The number of phenolic OH excluding ortho intramolecular Hbond substituents is 2. The van der Waals surface area contributed by atoms with Crippen molar-refractivity contribution in [3.8, 4) is 40.6 Å². The number of benzene rings is 2. The van der Waals surface area contributed by atoms with Crippen LogP contribution in [0.2, 0.25) is 0 Å². The van der Waals surface area contributed by atoms with Crippen LogP contribution in [-0.2, 0) is 22.4 Å². The summed E-state index contributed by atoms with van der Waals surface area (Å²) < 4.78 is 28.4. The summed E-state index contributed by atoms with van der Waals surface area (Å²) in [5.74, 6) is 0.585. The van der Waals surface area contributed by atoms with Crippen molar-refractivity contribution in [1.82, 2.24) is 9.80 Å². The van der Waals surface area contributed by atoms with E-state index in [1.807, 2.05) is 19.0 Å². The number of carbonyl (C=O) groups is 1. The predicted octanol–water partition coefficient (Wildman–Crippen LogP) is 3.33. The second kappa shape index (κ2) is 11.5. The number of aromatic hydroxyl groups is 2. The van der Waals surface area contributed by atoms with Crippen LogP contribution in [0.4, 0.5) is 0 Å². The Labute approximate surface area is 240 Å². The van der Waals surface area contributed by atoms with Gasteiger partial charge in [-0.3, -0.25) is 4.90 Å². The van der Waals surface area contributed by atoms with Gasteiger partial charge in [0, 0.05) is 45.8 Å². The highest BCUT2D eigenvalue weighted by Crippen LogP contribution is 2.56. The second-order valence-electron chi connectivity index (χ2n) is 10.5. The van der Waals surface area contributed by atoms with Crippen LogP contribution in [0.5, 0.6) is 34.5 Å². The van der Waals surface area contributed by atoms with Gasteiger partial charge in [-0.15, -0.1) is 0 Å². The van der Waals surface area contributed by atoms with Crippen molar-refractivity contribution in [2.75, 3.05) is 49.1 Å². The molecule has 0 spiro atoms. The molecule has 1 unspecified atom stereocenters. The van der Waals surface area contributed by atoms with E-state index < -0.39 is 30.1 Å². The van der Waals surface area contributed by atoms with Crippen molar-refractivity contribution in [2.45, 2.75) is 57.8 Å². The third-order valence-corrected chi connectivity index (χ3v) is 8.32. The SMILES string of the molecule is CCOC(=O)C1c2c(O)c(OC)c(C)c(OC)c2C[C@H]2[C@H](N(C)C)c3c(O)c(OC)c(C)c(OC)c3C[C@H](C#N)N12. The summed E-state index contributed by atoms with van der Waals surface area (Å²) in [7, 11) is 9.74. The number of likely N-dealkylation sites (N-methyl/N-ethyl adjacent to an activating group) is 1. The Morgan fingerprint density at radius 2 is 1.39 bits per heavy atom. The molecular weight excluding hydrogens is 530 g/mol. The molecule has 0 aromatic heterocycles. The van der Waals surface area contributed by atoms with Gasteiger partial charge >= 0.3 is 5.97 Å². The first-order valence-corrected chi connectivity index (χ1v) is 13.5. The number of esters is 1. The van der Waals surface area contributed by atoms with Crippen LogP contribution in [0.1, 0.15) is 52.4 Å². The third-order valence-electron chi connectivity index (χ3n) is 8.32. The van der Waals surface area contributed by atoms with Gasteiger partial charge in [-0.25, -0.2) is 4.79 Å². The fourth-order valence-electron chi connectivity index (χ4n) is 6.87. The molecule has 0 radical (unpaired) electrons. The Morgan fingerprint density at radius 3 is 1.83 bits per heavy atom. The van der Waals surface area contributed by atoms with Gasteiger partial charge in [0.15, 0.2) is 23.0 Å². The summed E-state index contributed by atoms with van der Waals surface area (Å²) in [6, 6.07) is -0.700. The molecule has 2 aliphatic rings. The van der Waals surface area contributed by atoms with Crippen molar-refractivity contribution in [3.05, 3.63) is 33.4 Å². The maximum atomic E-state index is 13.8. The Kier molecular flexibility index (Phi) is 8.47. The van der Waals surface area contributed by atoms with E-state index in [9.17, 15) is 20.3 Å². The van der Waals surface area contributed by atoms with Crippen molar-refractivity contribution in [2.24, 2.45) is 0 Å². The molecule has 2 N–H and O–H groups in total. The summed E-state index contributed by atoms with van der Waals surface area (Å²) >= 11 is 0. The molecule has 41 heavy (non-hydrogen) atoms. The summed E-state index contributed by atoms with van der Waals surface area (Å²) in [4.78, 5) is 17.6. The largest absolute Gasteiger partial charge is 0.504 e. The van der Waals surface area contributed by atoms with E-state index >= 15 is 0 Å². The highest BCUT2D eigenvalue weighted by atomic mass is 16.5. The first-order chi connectivity index (χ1) is 19.5. The molecule has 0 aliphatic carbocycles. The number of rotatable bonds is 7. The van der Waals surface area contributed by atoms with E-state index in [1.165, 1.54) is 21.3 Å². The first kappa shape index (κ1) is 30.1. The molecule has 222 valence electrons. The van der Waals surface area contributed by atoms with Crippen molar-refractivity contribution < 1.29 is 38.7 Å².